The first-order valence-corrected chi connectivity index (χ1v) is 4.53. The smallest absolute Gasteiger partial charge is 0.355 e. The van der Waals surface area contributed by atoms with Crippen LogP contribution in [-0.2, 0) is 0 Å². The van der Waals surface area contributed by atoms with Gasteiger partial charge in [0.25, 0.3) is 5.28 Å². The van der Waals surface area contributed by atoms with Gasteiger partial charge in [0, 0.05) is 0 Å². The molecule has 0 saturated carbocycles. The van der Waals surface area contributed by atoms with Crippen LogP contribution in [0, 0.1) is 0 Å². The van der Waals surface area contributed by atoms with Crippen molar-refractivity contribution in [1.29, 1.82) is 0 Å². The van der Waals surface area contributed by atoms with Crippen molar-refractivity contribution in [3.05, 3.63) is 5.28 Å². The lowest BCUT2D eigenvalue weighted by molar-refractivity contribution is 0.171. The molecule has 1 aromatic heterocycles. The van der Waals surface area contributed by atoms with Gasteiger partial charge in [-0.05, 0) is 24.4 Å². The molecule has 0 atom stereocenters. The van der Waals surface area contributed by atoms with Gasteiger partial charge < -0.3 is 4.74 Å². The molecule has 0 fully saturated rings. The number of ether oxygens (including phenoxy) is 1. The van der Waals surface area contributed by atoms with Crippen LogP contribution in [0.25, 0.3) is 0 Å². The highest BCUT2D eigenvalue weighted by Crippen LogP contribution is 2.07. The summed E-state index contributed by atoms with van der Waals surface area (Å²) in [5.41, 5.74) is 0. The standard InChI is InChI=1S/C7H11ClN4O/c1-3-5(4-2)13-7-11-9-6(8)10-12-7/h5H,3-4H2,1-2H3. The average molecular weight is 203 g/mol. The first kappa shape index (κ1) is 10.1. The average Bonchev–Trinajstić information content (AvgIpc) is 2.17. The van der Waals surface area contributed by atoms with E-state index in [0.29, 0.717) is 0 Å². The van der Waals surface area contributed by atoms with E-state index in [4.69, 9.17) is 16.3 Å². The first-order valence-electron chi connectivity index (χ1n) is 4.15. The Morgan fingerprint density at radius 3 is 2.15 bits per heavy atom. The molecule has 0 bridgehead atoms. The van der Waals surface area contributed by atoms with E-state index in [0.717, 1.165) is 12.8 Å². The molecule has 1 rings (SSSR count). The van der Waals surface area contributed by atoms with E-state index in [1.165, 1.54) is 0 Å². The van der Waals surface area contributed by atoms with Gasteiger partial charge >= 0.3 is 6.01 Å². The number of rotatable bonds is 4. The number of halogens is 1. The molecule has 0 aromatic carbocycles. The second-order valence-electron chi connectivity index (χ2n) is 2.51. The number of aromatic nitrogens is 4. The first-order chi connectivity index (χ1) is 6.26. The van der Waals surface area contributed by atoms with Crippen LogP contribution in [-0.4, -0.2) is 26.5 Å². The lowest BCUT2D eigenvalue weighted by atomic mass is 10.2. The molecule has 0 saturated heterocycles. The van der Waals surface area contributed by atoms with Gasteiger partial charge in [-0.2, -0.15) is 0 Å². The molecule has 0 aliphatic rings. The maximum atomic E-state index is 5.41. The molecule has 1 heterocycles. The summed E-state index contributed by atoms with van der Waals surface area (Å²) in [6, 6.07) is 0.179. The normalized spacial score (nSPS) is 10.5. The molecule has 72 valence electrons. The summed E-state index contributed by atoms with van der Waals surface area (Å²) in [7, 11) is 0. The molecule has 0 N–H and O–H groups in total. The van der Waals surface area contributed by atoms with E-state index in [1.54, 1.807) is 0 Å². The summed E-state index contributed by atoms with van der Waals surface area (Å²) in [5, 5.41) is 14.3. The lowest BCUT2D eigenvalue weighted by Gasteiger charge is -2.11. The van der Waals surface area contributed by atoms with Crippen LogP contribution in [0.15, 0.2) is 0 Å². The molecule has 0 aliphatic heterocycles. The molecule has 13 heavy (non-hydrogen) atoms. The lowest BCUT2D eigenvalue weighted by Crippen LogP contribution is -2.16. The monoisotopic (exact) mass is 202 g/mol. The molecule has 6 heteroatoms. The number of hydrogen-bond acceptors (Lipinski definition) is 5. The molecule has 0 unspecified atom stereocenters. The Bertz CT molecular complexity index is 249. The van der Waals surface area contributed by atoms with Gasteiger partial charge in [-0.25, -0.2) is 0 Å². The fourth-order valence-corrected chi connectivity index (χ4v) is 0.935. The van der Waals surface area contributed by atoms with Crippen molar-refractivity contribution >= 4 is 11.6 Å². The predicted octanol–water partition coefficient (Wildman–Crippen LogP) is 1.49. The summed E-state index contributed by atoms with van der Waals surface area (Å²) in [4.78, 5) is 0. The van der Waals surface area contributed by atoms with Crippen LogP contribution >= 0.6 is 11.6 Å². The molecule has 1 aromatic rings. The van der Waals surface area contributed by atoms with Gasteiger partial charge in [0.05, 0.1) is 0 Å². The number of hydrogen-bond donors (Lipinski definition) is 0. The van der Waals surface area contributed by atoms with Crippen molar-refractivity contribution in [3.63, 3.8) is 0 Å². The maximum Gasteiger partial charge on any atom is 0.355 e. The zero-order chi connectivity index (χ0) is 9.68. The number of nitrogens with zero attached hydrogens (tertiary/aromatic N) is 4. The van der Waals surface area contributed by atoms with Crippen molar-refractivity contribution in [2.24, 2.45) is 0 Å². The van der Waals surface area contributed by atoms with Crippen LogP contribution < -0.4 is 4.74 Å². The highest BCUT2D eigenvalue weighted by molar-refractivity contribution is 6.28. The van der Waals surface area contributed by atoms with Gasteiger partial charge in [-0.3, -0.25) is 0 Å². The van der Waals surface area contributed by atoms with E-state index in [-0.39, 0.29) is 17.4 Å². The highest BCUT2D eigenvalue weighted by Gasteiger charge is 2.07. The maximum absolute atomic E-state index is 5.41. The van der Waals surface area contributed by atoms with Crippen molar-refractivity contribution < 1.29 is 4.74 Å². The fourth-order valence-electron chi connectivity index (χ4n) is 0.860. The molecule has 0 amide bonds. The van der Waals surface area contributed by atoms with Gasteiger partial charge in [-0.1, -0.05) is 24.0 Å². The summed E-state index contributed by atoms with van der Waals surface area (Å²) in [6.45, 7) is 4.07. The molecule has 0 aliphatic carbocycles. The minimum absolute atomic E-state index is 0.0249. The van der Waals surface area contributed by atoms with Crippen LogP contribution in [0.4, 0.5) is 0 Å². The Balaban J connectivity index is 2.58. The van der Waals surface area contributed by atoms with E-state index < -0.39 is 0 Å². The second kappa shape index (κ2) is 4.91. The van der Waals surface area contributed by atoms with Gasteiger partial charge in [-0.15, -0.1) is 10.2 Å². The zero-order valence-corrected chi connectivity index (χ0v) is 8.32. The third kappa shape index (κ3) is 3.10. The minimum Gasteiger partial charge on any atom is -0.458 e. The van der Waals surface area contributed by atoms with Crippen molar-refractivity contribution in [2.45, 2.75) is 32.8 Å². The summed E-state index contributed by atoms with van der Waals surface area (Å²) in [5.74, 6) is 0. The van der Waals surface area contributed by atoms with E-state index >= 15 is 0 Å². The summed E-state index contributed by atoms with van der Waals surface area (Å²) in [6.07, 6.45) is 1.93. The van der Waals surface area contributed by atoms with Crippen LogP contribution in [0.1, 0.15) is 26.7 Å². The minimum atomic E-state index is 0.0249. The van der Waals surface area contributed by atoms with E-state index in [9.17, 15) is 0 Å². The van der Waals surface area contributed by atoms with Gasteiger partial charge in [0.2, 0.25) is 0 Å². The Kier molecular flexibility index (Phi) is 3.82. The highest BCUT2D eigenvalue weighted by atomic mass is 35.5. The molecular formula is C7H11ClN4O. The molecular weight excluding hydrogens is 192 g/mol. The molecule has 0 radical (unpaired) electrons. The van der Waals surface area contributed by atoms with E-state index in [1.807, 2.05) is 13.8 Å². The molecule has 5 nitrogen and oxygen atoms in total. The largest absolute Gasteiger partial charge is 0.458 e. The third-order valence-electron chi connectivity index (χ3n) is 1.62. The Labute approximate surface area is 81.5 Å². The van der Waals surface area contributed by atoms with Crippen molar-refractivity contribution in [2.75, 3.05) is 0 Å². The SMILES string of the molecule is CCC(CC)Oc1nnc(Cl)nn1. The Hall–Kier alpha value is -0.970. The van der Waals surface area contributed by atoms with Gasteiger partial charge in [0.1, 0.15) is 6.10 Å². The van der Waals surface area contributed by atoms with Crippen molar-refractivity contribution in [1.82, 2.24) is 20.4 Å². The Morgan fingerprint density at radius 1 is 1.15 bits per heavy atom. The fraction of sp³-hybridized carbons (Fsp3) is 0.714. The van der Waals surface area contributed by atoms with Crippen LogP contribution in [0.5, 0.6) is 6.01 Å². The van der Waals surface area contributed by atoms with Crippen molar-refractivity contribution in [3.8, 4) is 6.01 Å². The Morgan fingerprint density at radius 2 is 1.69 bits per heavy atom. The topological polar surface area (TPSA) is 60.8 Å². The van der Waals surface area contributed by atoms with Gasteiger partial charge in [0.15, 0.2) is 0 Å². The summed E-state index contributed by atoms with van der Waals surface area (Å²) >= 11 is 5.41. The molecule has 0 spiro atoms. The zero-order valence-electron chi connectivity index (χ0n) is 7.57. The second-order valence-corrected chi connectivity index (χ2v) is 2.85. The third-order valence-corrected chi connectivity index (χ3v) is 1.77. The van der Waals surface area contributed by atoms with Crippen LogP contribution in [0.2, 0.25) is 5.28 Å². The quantitative estimate of drug-likeness (QED) is 0.740. The van der Waals surface area contributed by atoms with Crippen LogP contribution in [0.3, 0.4) is 0 Å². The van der Waals surface area contributed by atoms with E-state index in [2.05, 4.69) is 20.4 Å². The summed E-state index contributed by atoms with van der Waals surface area (Å²) < 4.78 is 5.36. The predicted molar refractivity (Wildman–Crippen MR) is 47.6 cm³/mol.